The van der Waals surface area contributed by atoms with E-state index in [4.69, 9.17) is 18.6 Å². The number of halogens is 1. The van der Waals surface area contributed by atoms with Crippen LogP contribution in [0.2, 0.25) is 0 Å². The monoisotopic (exact) mass is 850 g/mol. The van der Waals surface area contributed by atoms with Gasteiger partial charge in [-0.1, -0.05) is 67.7 Å². The summed E-state index contributed by atoms with van der Waals surface area (Å²) in [6.07, 6.45) is 6.10. The lowest BCUT2D eigenvalue weighted by molar-refractivity contribution is -0.158. The number of phenolic OH excluding ortho intramolecular Hbond substituents is 1. The van der Waals surface area contributed by atoms with Gasteiger partial charge in [0, 0.05) is 39.7 Å². The number of carbonyl (C=O) groups is 2. The van der Waals surface area contributed by atoms with Crippen molar-refractivity contribution in [2.75, 3.05) is 5.32 Å². The molecule has 4 heterocycles. The molecule has 0 radical (unpaired) electrons. The molecule has 54 heavy (non-hydrogen) atoms. The second-order valence-electron chi connectivity index (χ2n) is 14.7. The van der Waals surface area contributed by atoms with E-state index in [1.165, 1.54) is 38.3 Å². The second kappa shape index (κ2) is 13.4. The van der Waals surface area contributed by atoms with Crippen LogP contribution in [0.3, 0.4) is 0 Å². The number of anilines is 1. The fourth-order valence-electron chi connectivity index (χ4n) is 7.84. The number of fused-ring (bicyclic) bond motifs is 7. The Labute approximate surface area is 322 Å². The van der Waals surface area contributed by atoms with Gasteiger partial charge < -0.3 is 39.3 Å². The van der Waals surface area contributed by atoms with Crippen LogP contribution < -0.4 is 26.1 Å². The number of para-hydroxylation sites is 1. The highest BCUT2D eigenvalue weighted by atomic mass is 127. The largest absolute Gasteiger partial charge is 0.507 e. The zero-order valence-corrected chi connectivity index (χ0v) is 32.5. The van der Waals surface area contributed by atoms with E-state index in [0.29, 0.717) is 6.42 Å². The topological polar surface area (TPSA) is 195 Å². The fourth-order valence-corrected chi connectivity index (χ4v) is 8.51. The maximum atomic E-state index is 14.9. The molecule has 0 fully saturated rings. The van der Waals surface area contributed by atoms with E-state index in [1.807, 2.05) is 19.9 Å². The van der Waals surface area contributed by atoms with Crippen molar-refractivity contribution in [1.29, 1.82) is 0 Å². The minimum atomic E-state index is -1.89. The second-order valence-corrected chi connectivity index (χ2v) is 16.2. The van der Waals surface area contributed by atoms with E-state index in [0.717, 1.165) is 0 Å². The summed E-state index contributed by atoms with van der Waals surface area (Å²) in [5.74, 6) is -4.66. The molecule has 0 aliphatic carbocycles. The first-order chi connectivity index (χ1) is 25.5. The number of ether oxygens (including phenoxy) is 3. The van der Waals surface area contributed by atoms with Crippen molar-refractivity contribution in [2.24, 2.45) is 11.8 Å². The molecule has 1 amide bonds. The average molecular weight is 851 g/mol. The number of carbonyl (C=O) groups excluding carboxylic acids is 2. The number of hydrogen-bond acceptors (Lipinski definition) is 12. The van der Waals surface area contributed by atoms with Crippen LogP contribution in [0.1, 0.15) is 59.9 Å². The van der Waals surface area contributed by atoms with Gasteiger partial charge in [0.05, 0.1) is 16.9 Å². The number of hydrogen-bond donors (Lipinski definition) is 4. The van der Waals surface area contributed by atoms with Gasteiger partial charge >= 0.3 is 11.8 Å². The first-order valence-electron chi connectivity index (χ1n) is 17.5. The van der Waals surface area contributed by atoms with E-state index >= 15 is 0 Å². The first-order valence-corrected chi connectivity index (χ1v) is 18.8. The van der Waals surface area contributed by atoms with Crippen LogP contribution in [-0.2, 0) is 24.5 Å². The number of alkyl halides is 1. The highest BCUT2D eigenvalue weighted by molar-refractivity contribution is 14.1. The quantitative estimate of drug-likeness (QED) is 0.0623. The van der Waals surface area contributed by atoms with E-state index in [9.17, 15) is 34.5 Å². The molecule has 0 saturated heterocycles. The Bertz CT molecular complexity index is 2560. The number of esters is 1. The van der Waals surface area contributed by atoms with Gasteiger partial charge in [-0.25, -0.2) is 4.98 Å². The van der Waals surface area contributed by atoms with Crippen molar-refractivity contribution in [1.82, 2.24) is 4.98 Å². The van der Waals surface area contributed by atoms with Crippen molar-refractivity contribution < 1.29 is 43.5 Å². The number of benzene rings is 3. The van der Waals surface area contributed by atoms with Crippen molar-refractivity contribution >= 4 is 78.9 Å². The molecule has 3 aliphatic heterocycles. The Morgan fingerprint density at radius 2 is 1.85 bits per heavy atom. The summed E-state index contributed by atoms with van der Waals surface area (Å²) in [7, 11) is 0. The number of aliphatic hydroxyl groups excluding tert-OH is 2. The first kappa shape index (κ1) is 37.4. The molecule has 7 rings (SSSR count). The number of aromatic nitrogens is 1. The molecule has 0 saturated carbocycles. The van der Waals surface area contributed by atoms with Crippen LogP contribution in [0.25, 0.3) is 38.7 Å². The summed E-state index contributed by atoms with van der Waals surface area (Å²) >= 11 is 2.14. The van der Waals surface area contributed by atoms with Gasteiger partial charge in [-0.2, -0.15) is 0 Å². The number of nitrogens with zero attached hydrogens (tertiary/aromatic N) is 1. The summed E-state index contributed by atoms with van der Waals surface area (Å²) in [5, 5.41) is 38.9. The number of allylic oxidation sites excluding steroid dienone is 4. The Kier molecular flexibility index (Phi) is 9.28. The van der Waals surface area contributed by atoms with Gasteiger partial charge in [-0.15, -0.1) is 0 Å². The number of amides is 1. The normalized spacial score (nSPS) is 30.7. The number of aliphatic hydroxyl groups is 2. The molecule has 3 aromatic carbocycles. The molecule has 282 valence electrons. The van der Waals surface area contributed by atoms with Crippen molar-refractivity contribution in [2.45, 2.75) is 81.7 Å². The smallest absolute Gasteiger partial charge is 0.307 e. The average Bonchev–Trinajstić information content (AvgIpc) is 3.39. The van der Waals surface area contributed by atoms with Crippen LogP contribution >= 0.6 is 22.6 Å². The Morgan fingerprint density at radius 1 is 1.11 bits per heavy atom. The molecule has 4 N–H and O–H groups in total. The lowest BCUT2D eigenvalue weighted by Gasteiger charge is -2.42. The number of aromatic hydroxyl groups is 1. The highest BCUT2D eigenvalue weighted by Crippen LogP contribution is 2.51. The van der Waals surface area contributed by atoms with Gasteiger partial charge in [-0.3, -0.25) is 19.2 Å². The molecule has 0 unspecified atom stereocenters. The molecular formula is C40H39IN2O11. The Hall–Kier alpha value is -4.96. The summed E-state index contributed by atoms with van der Waals surface area (Å²) in [6.45, 7) is 9.85. The third-order valence-electron chi connectivity index (χ3n) is 10.7. The lowest BCUT2D eigenvalue weighted by Crippen LogP contribution is -2.52. The summed E-state index contributed by atoms with van der Waals surface area (Å²) < 4.78 is 24.0. The zero-order chi connectivity index (χ0) is 39.0. The molecule has 7 atom stereocenters. The number of phenols is 1. The molecule has 4 aromatic rings. The SMILES string of the molecule is CC(=O)O[C@H]1[C@H](O)[C@H](I)[C@H](C)C[C@@H](C)/C=C/C=C(/C)C(=O)Nc2c(=O)c3c(O)c4c5c(c3c3nc6c(=O)cccc6oc23)=C(O)[C@@](C)(O/C=C/C[C@]41C)O5. The number of rotatable bonds is 1. The van der Waals surface area contributed by atoms with E-state index in [-0.39, 0.29) is 73.6 Å². The minimum absolute atomic E-state index is 0.000418. The van der Waals surface area contributed by atoms with Gasteiger partial charge in [0.2, 0.25) is 10.9 Å². The van der Waals surface area contributed by atoms with E-state index < -0.39 is 67.0 Å². The molecule has 0 spiro atoms. The molecule has 13 nitrogen and oxygen atoms in total. The molecule has 3 aliphatic rings. The lowest BCUT2D eigenvalue weighted by atomic mass is 9.70. The molecule has 14 heteroatoms. The Balaban J connectivity index is 1.72. The molecule has 5 bridgehead atoms. The minimum Gasteiger partial charge on any atom is -0.507 e. The highest BCUT2D eigenvalue weighted by Gasteiger charge is 2.53. The van der Waals surface area contributed by atoms with Gasteiger partial charge in [-0.05, 0) is 49.8 Å². The van der Waals surface area contributed by atoms with E-state index in [1.54, 1.807) is 32.1 Å². The summed E-state index contributed by atoms with van der Waals surface area (Å²) in [4.78, 5) is 59.2. The maximum Gasteiger partial charge on any atom is 0.307 e. The maximum absolute atomic E-state index is 14.9. The third kappa shape index (κ3) is 5.81. The van der Waals surface area contributed by atoms with Gasteiger partial charge in [0.1, 0.15) is 34.9 Å². The van der Waals surface area contributed by atoms with Crippen LogP contribution in [-0.4, -0.2) is 54.1 Å². The van der Waals surface area contributed by atoms with Gasteiger partial charge in [0.15, 0.2) is 22.4 Å². The fraction of sp³-hybridized carbons (Fsp3) is 0.375. The van der Waals surface area contributed by atoms with Crippen molar-refractivity contribution in [3.8, 4) is 11.5 Å². The van der Waals surface area contributed by atoms with Crippen molar-refractivity contribution in [3.63, 3.8) is 0 Å². The van der Waals surface area contributed by atoms with Crippen molar-refractivity contribution in [3.05, 3.63) is 85.6 Å². The predicted molar refractivity (Wildman–Crippen MR) is 210 cm³/mol. The zero-order valence-electron chi connectivity index (χ0n) is 30.4. The summed E-state index contributed by atoms with van der Waals surface area (Å²) in [5.41, 5.74) is -3.65. The predicted octanol–water partition coefficient (Wildman–Crippen LogP) is 5.46. The molecule has 1 aromatic heterocycles. The van der Waals surface area contributed by atoms with Crippen LogP contribution in [0.5, 0.6) is 11.5 Å². The van der Waals surface area contributed by atoms with Crippen LogP contribution in [0, 0.1) is 11.8 Å². The Morgan fingerprint density at radius 3 is 2.57 bits per heavy atom. The van der Waals surface area contributed by atoms with E-state index in [2.05, 4.69) is 32.9 Å². The standard InChI is InChI=1S/C40H39IN2O11/c1-17-10-7-11-18(2)38(50)43-30-32(47)24-23(29-35(30)53-22-13-8-12-21(45)28(22)42-29)25-34-26(31(24)46)39(5,14-9-15-51-40(6,54-34)36(25)49)37(52-20(4)44)33(48)27(41)19(3)16-17/h7-13,15,17,19,27,33,37,46,48-49H,14,16H2,1-6H3,(H,43,50)/b10-7+,15-9+,18-11-/t17-,19+,27+,33+,37-,39+,40-/m0/s1. The van der Waals surface area contributed by atoms with Crippen LogP contribution in [0.4, 0.5) is 5.69 Å². The summed E-state index contributed by atoms with van der Waals surface area (Å²) in [6, 6.07) is 4.23. The third-order valence-corrected chi connectivity index (χ3v) is 12.6. The van der Waals surface area contributed by atoms with Gasteiger partial charge in [0.25, 0.3) is 5.91 Å². The number of nitrogens with one attached hydrogen (secondary N) is 1. The molecular weight excluding hydrogens is 811 g/mol. The van der Waals surface area contributed by atoms with Crippen LogP contribution in [0.15, 0.2) is 68.3 Å².